The Hall–Kier alpha value is -2.74. The van der Waals surface area contributed by atoms with Gasteiger partial charge in [0.25, 0.3) is 5.56 Å². The van der Waals surface area contributed by atoms with E-state index < -0.39 is 0 Å². The molecule has 0 bridgehead atoms. The molecule has 0 saturated heterocycles. The van der Waals surface area contributed by atoms with Crippen molar-refractivity contribution in [3.63, 3.8) is 0 Å². The molecular formula is C18H18N4O3S. The van der Waals surface area contributed by atoms with Gasteiger partial charge >= 0.3 is 0 Å². The first kappa shape index (κ1) is 16.7. The number of aromatic nitrogens is 3. The van der Waals surface area contributed by atoms with E-state index in [4.69, 9.17) is 0 Å². The number of carbonyl (C=O) groups excluding carboxylic acids is 1. The minimum atomic E-state index is -0.321. The van der Waals surface area contributed by atoms with Gasteiger partial charge < -0.3 is 10.4 Å². The van der Waals surface area contributed by atoms with E-state index in [0.29, 0.717) is 0 Å². The van der Waals surface area contributed by atoms with Crippen LogP contribution in [0.2, 0.25) is 0 Å². The molecule has 1 aliphatic carbocycles. The molecule has 3 heterocycles. The standard InChI is InChI=1S/C18H18N4O3S/c23-12-5-3-8-19-16(12)21-14(24)7-9-22-10-20-17-15(18(22)25)11-4-1-2-6-13(11)26-17/h3,5,8,10,23H,1-2,4,6-7,9H2,(H,19,21,24). The fraction of sp³-hybridized carbons (Fsp3) is 0.333. The van der Waals surface area contributed by atoms with Crippen LogP contribution < -0.4 is 10.9 Å². The van der Waals surface area contributed by atoms with Crippen molar-refractivity contribution in [1.29, 1.82) is 0 Å². The van der Waals surface area contributed by atoms with Crippen LogP contribution in [-0.4, -0.2) is 25.5 Å². The molecule has 0 radical (unpaired) electrons. The highest BCUT2D eigenvalue weighted by molar-refractivity contribution is 7.18. The first-order valence-corrected chi connectivity index (χ1v) is 9.38. The molecule has 3 aromatic heterocycles. The minimum absolute atomic E-state index is 0.0807. The number of hydrogen-bond acceptors (Lipinski definition) is 6. The highest BCUT2D eigenvalue weighted by atomic mass is 32.1. The van der Waals surface area contributed by atoms with E-state index in [9.17, 15) is 14.7 Å². The van der Waals surface area contributed by atoms with Crippen molar-refractivity contribution in [2.45, 2.75) is 38.6 Å². The third kappa shape index (κ3) is 3.08. The van der Waals surface area contributed by atoms with Crippen LogP contribution in [0.1, 0.15) is 29.7 Å². The predicted octanol–water partition coefficient (Wildman–Crippen LogP) is 2.47. The Morgan fingerprint density at radius 1 is 1.31 bits per heavy atom. The second kappa shape index (κ2) is 6.87. The summed E-state index contributed by atoms with van der Waals surface area (Å²) in [6.45, 7) is 0.228. The van der Waals surface area contributed by atoms with Crippen molar-refractivity contribution in [3.05, 3.63) is 45.5 Å². The van der Waals surface area contributed by atoms with Crippen LogP contribution in [0.5, 0.6) is 5.75 Å². The lowest BCUT2D eigenvalue weighted by Gasteiger charge is -2.10. The lowest BCUT2D eigenvalue weighted by Crippen LogP contribution is -2.24. The van der Waals surface area contributed by atoms with Gasteiger partial charge in [-0.2, -0.15) is 0 Å². The molecule has 0 aliphatic heterocycles. The van der Waals surface area contributed by atoms with Crippen molar-refractivity contribution in [2.75, 3.05) is 5.32 Å². The molecule has 26 heavy (non-hydrogen) atoms. The zero-order valence-electron chi connectivity index (χ0n) is 14.1. The van der Waals surface area contributed by atoms with Crippen LogP contribution in [0, 0.1) is 0 Å². The van der Waals surface area contributed by atoms with Gasteiger partial charge in [0, 0.05) is 24.0 Å². The van der Waals surface area contributed by atoms with E-state index in [1.165, 1.54) is 28.0 Å². The van der Waals surface area contributed by atoms with Gasteiger partial charge in [-0.25, -0.2) is 9.97 Å². The van der Waals surface area contributed by atoms with Gasteiger partial charge in [-0.3, -0.25) is 14.2 Å². The van der Waals surface area contributed by atoms with Gasteiger partial charge in [0.1, 0.15) is 4.83 Å². The predicted molar refractivity (Wildman–Crippen MR) is 99.7 cm³/mol. The fourth-order valence-corrected chi connectivity index (χ4v) is 4.47. The van der Waals surface area contributed by atoms with Crippen LogP contribution in [0.3, 0.4) is 0 Å². The summed E-state index contributed by atoms with van der Waals surface area (Å²) in [5.74, 6) is -0.297. The zero-order chi connectivity index (χ0) is 18.1. The van der Waals surface area contributed by atoms with Crippen LogP contribution in [0.4, 0.5) is 5.82 Å². The van der Waals surface area contributed by atoms with Crippen LogP contribution in [0.15, 0.2) is 29.5 Å². The Balaban J connectivity index is 1.52. The summed E-state index contributed by atoms with van der Waals surface area (Å²) in [5, 5.41) is 12.9. The quantitative estimate of drug-likeness (QED) is 0.735. The van der Waals surface area contributed by atoms with Gasteiger partial charge in [0.2, 0.25) is 5.91 Å². The van der Waals surface area contributed by atoms with Gasteiger partial charge in [-0.1, -0.05) is 0 Å². The molecule has 0 atom stereocenters. The summed E-state index contributed by atoms with van der Waals surface area (Å²) in [5.41, 5.74) is 1.06. The number of amides is 1. The van der Waals surface area contributed by atoms with E-state index in [-0.39, 0.29) is 36.0 Å². The SMILES string of the molecule is O=C(CCn1cnc2sc3c(c2c1=O)CCCC3)Nc1ncccc1O. The molecule has 1 aliphatic rings. The van der Waals surface area contributed by atoms with Crippen molar-refractivity contribution < 1.29 is 9.90 Å². The molecule has 0 spiro atoms. The molecular weight excluding hydrogens is 352 g/mol. The number of carbonyl (C=O) groups is 1. The first-order chi connectivity index (χ1) is 12.6. The molecule has 4 rings (SSSR count). The molecule has 134 valence electrons. The molecule has 0 aromatic carbocycles. The zero-order valence-corrected chi connectivity index (χ0v) is 14.9. The molecule has 1 amide bonds. The highest BCUT2D eigenvalue weighted by Gasteiger charge is 2.20. The summed E-state index contributed by atoms with van der Waals surface area (Å²) in [6, 6.07) is 3.03. The molecule has 0 saturated carbocycles. The summed E-state index contributed by atoms with van der Waals surface area (Å²) in [7, 11) is 0. The van der Waals surface area contributed by atoms with E-state index in [1.54, 1.807) is 17.4 Å². The third-order valence-electron chi connectivity index (χ3n) is 4.57. The number of nitrogens with one attached hydrogen (secondary N) is 1. The number of aryl methyl sites for hydroxylation is 3. The second-order valence-corrected chi connectivity index (χ2v) is 7.39. The lowest BCUT2D eigenvalue weighted by atomic mass is 9.97. The van der Waals surface area contributed by atoms with Crippen molar-refractivity contribution >= 4 is 33.3 Å². The number of nitrogens with zero attached hydrogens (tertiary/aromatic N) is 3. The number of pyridine rings is 1. The van der Waals surface area contributed by atoms with E-state index in [0.717, 1.165) is 41.5 Å². The van der Waals surface area contributed by atoms with Crippen LogP contribution in [0.25, 0.3) is 10.2 Å². The van der Waals surface area contributed by atoms with Crippen molar-refractivity contribution in [2.24, 2.45) is 0 Å². The second-order valence-electron chi connectivity index (χ2n) is 6.30. The highest BCUT2D eigenvalue weighted by Crippen LogP contribution is 2.33. The molecule has 0 fully saturated rings. The maximum atomic E-state index is 12.8. The summed E-state index contributed by atoms with van der Waals surface area (Å²) < 4.78 is 1.49. The number of fused-ring (bicyclic) bond motifs is 3. The molecule has 3 aromatic rings. The summed E-state index contributed by atoms with van der Waals surface area (Å²) in [6.07, 6.45) is 7.30. The average molecular weight is 370 g/mol. The maximum absolute atomic E-state index is 12.8. The Morgan fingerprint density at radius 3 is 3.00 bits per heavy atom. The topological polar surface area (TPSA) is 97.1 Å². The molecule has 8 heteroatoms. The smallest absolute Gasteiger partial charge is 0.262 e. The van der Waals surface area contributed by atoms with E-state index in [2.05, 4.69) is 15.3 Å². The van der Waals surface area contributed by atoms with Gasteiger partial charge in [0.15, 0.2) is 11.6 Å². The van der Waals surface area contributed by atoms with E-state index in [1.807, 2.05) is 0 Å². The van der Waals surface area contributed by atoms with Crippen molar-refractivity contribution in [3.8, 4) is 5.75 Å². The summed E-state index contributed by atoms with van der Waals surface area (Å²) >= 11 is 1.61. The van der Waals surface area contributed by atoms with Gasteiger partial charge in [-0.15, -0.1) is 11.3 Å². The fourth-order valence-electron chi connectivity index (χ4n) is 3.25. The Bertz CT molecular complexity index is 1040. The molecule has 7 nitrogen and oxygen atoms in total. The Kier molecular flexibility index (Phi) is 4.42. The molecule has 2 N–H and O–H groups in total. The lowest BCUT2D eigenvalue weighted by molar-refractivity contribution is -0.116. The largest absolute Gasteiger partial charge is 0.504 e. The number of hydrogen-bond donors (Lipinski definition) is 2. The van der Waals surface area contributed by atoms with Gasteiger partial charge in [-0.05, 0) is 43.4 Å². The molecule has 0 unspecified atom stereocenters. The number of anilines is 1. The summed E-state index contributed by atoms with van der Waals surface area (Å²) in [4.78, 5) is 35.3. The number of thiophene rings is 1. The maximum Gasteiger partial charge on any atom is 0.262 e. The third-order valence-corrected chi connectivity index (χ3v) is 5.77. The van der Waals surface area contributed by atoms with Crippen LogP contribution in [-0.2, 0) is 24.2 Å². The average Bonchev–Trinajstić information content (AvgIpc) is 3.02. The van der Waals surface area contributed by atoms with Crippen molar-refractivity contribution in [1.82, 2.24) is 14.5 Å². The number of rotatable bonds is 4. The number of aromatic hydroxyl groups is 1. The first-order valence-electron chi connectivity index (χ1n) is 8.57. The monoisotopic (exact) mass is 370 g/mol. The minimum Gasteiger partial charge on any atom is -0.504 e. The normalized spacial score (nSPS) is 13.5. The van der Waals surface area contributed by atoms with Gasteiger partial charge in [0.05, 0.1) is 11.7 Å². The Labute approximate surface area is 153 Å². The van der Waals surface area contributed by atoms with E-state index >= 15 is 0 Å². The van der Waals surface area contributed by atoms with Crippen LogP contribution >= 0.6 is 11.3 Å². The Morgan fingerprint density at radius 2 is 2.15 bits per heavy atom.